The van der Waals surface area contributed by atoms with Crippen LogP contribution in [0.2, 0.25) is 18.1 Å². The van der Waals surface area contributed by atoms with Gasteiger partial charge in [-0.1, -0.05) is 20.8 Å². The van der Waals surface area contributed by atoms with E-state index in [1.807, 2.05) is 4.90 Å². The molecule has 5 nitrogen and oxygen atoms in total. The second-order valence-electron chi connectivity index (χ2n) is 7.21. The van der Waals surface area contributed by atoms with Crippen LogP contribution in [0.3, 0.4) is 0 Å². The Morgan fingerprint density at radius 2 is 1.90 bits per heavy atom. The van der Waals surface area contributed by atoms with Crippen molar-refractivity contribution in [1.29, 1.82) is 0 Å². The molecule has 1 fully saturated rings. The molecule has 0 bridgehead atoms. The number of aliphatic hydroxyl groups is 1. The molecule has 1 N–H and O–H groups in total. The van der Waals surface area contributed by atoms with Gasteiger partial charge >= 0.3 is 0 Å². The number of carbonyl (C=O) groups is 1. The third kappa shape index (κ3) is 5.69. The molecule has 0 spiro atoms. The quantitative estimate of drug-likeness (QED) is 0.761. The molecular formula is C15H31NO4Si. The molecule has 6 heteroatoms. The highest BCUT2D eigenvalue weighted by molar-refractivity contribution is 6.74. The molecule has 0 aliphatic carbocycles. The molecule has 1 atom stereocenters. The smallest absolute Gasteiger partial charge is 0.222 e. The van der Waals surface area contributed by atoms with Gasteiger partial charge in [-0.05, 0) is 24.6 Å². The van der Waals surface area contributed by atoms with Crippen molar-refractivity contribution in [2.75, 3.05) is 32.9 Å². The van der Waals surface area contributed by atoms with Crippen LogP contribution in [-0.4, -0.2) is 63.2 Å². The van der Waals surface area contributed by atoms with E-state index in [4.69, 9.17) is 9.16 Å². The lowest BCUT2D eigenvalue weighted by molar-refractivity contribution is -0.135. The largest absolute Gasteiger partial charge is 0.412 e. The molecule has 0 radical (unpaired) electrons. The van der Waals surface area contributed by atoms with Crippen molar-refractivity contribution in [3.63, 3.8) is 0 Å². The fourth-order valence-corrected chi connectivity index (χ4v) is 3.42. The zero-order valence-corrected chi connectivity index (χ0v) is 15.1. The van der Waals surface area contributed by atoms with Crippen LogP contribution >= 0.6 is 0 Å². The zero-order chi connectivity index (χ0) is 16.1. The molecule has 0 aromatic heterocycles. The van der Waals surface area contributed by atoms with Crippen LogP contribution in [0.5, 0.6) is 0 Å². The number of morpholine rings is 1. The van der Waals surface area contributed by atoms with E-state index in [-0.39, 0.29) is 23.7 Å². The van der Waals surface area contributed by atoms with Crippen molar-refractivity contribution in [2.45, 2.75) is 57.8 Å². The second kappa shape index (κ2) is 7.72. The lowest BCUT2D eigenvalue weighted by Crippen LogP contribution is -2.45. The first-order valence-corrected chi connectivity index (χ1v) is 10.7. The normalized spacial score (nSPS) is 18.7. The summed E-state index contributed by atoms with van der Waals surface area (Å²) in [5.41, 5.74) is 0. The molecule has 21 heavy (non-hydrogen) atoms. The first-order valence-electron chi connectivity index (χ1n) is 7.81. The molecule has 0 aromatic rings. The summed E-state index contributed by atoms with van der Waals surface area (Å²) in [6.07, 6.45) is 0.773. The highest BCUT2D eigenvalue weighted by Gasteiger charge is 2.39. The van der Waals surface area contributed by atoms with Crippen LogP contribution in [0.4, 0.5) is 0 Å². The highest BCUT2D eigenvalue weighted by Crippen LogP contribution is 2.37. The van der Waals surface area contributed by atoms with Crippen LogP contribution < -0.4 is 0 Å². The van der Waals surface area contributed by atoms with Gasteiger partial charge in [-0.25, -0.2) is 0 Å². The molecule has 0 saturated carbocycles. The monoisotopic (exact) mass is 317 g/mol. The fraction of sp³-hybridized carbons (Fsp3) is 0.933. The SMILES string of the molecule is CC(C)(C)[Si](C)(C)O[C@H](CO)CCC(=O)N1CCOCC1. The Hall–Kier alpha value is -0.433. The van der Waals surface area contributed by atoms with E-state index >= 15 is 0 Å². The molecule has 1 heterocycles. The summed E-state index contributed by atoms with van der Waals surface area (Å²) in [4.78, 5) is 14.0. The fourth-order valence-electron chi connectivity index (χ4n) is 2.04. The standard InChI is InChI=1S/C15H31NO4Si/c1-15(2,3)21(4,5)20-13(12-17)6-7-14(18)16-8-10-19-11-9-16/h13,17H,6-12H2,1-5H3/t13-/m0/s1. The van der Waals surface area contributed by atoms with Crippen molar-refractivity contribution in [2.24, 2.45) is 0 Å². The van der Waals surface area contributed by atoms with Gasteiger partial charge in [0.25, 0.3) is 0 Å². The van der Waals surface area contributed by atoms with Crippen LogP contribution in [0.25, 0.3) is 0 Å². The average Bonchev–Trinajstić information content (AvgIpc) is 2.42. The highest BCUT2D eigenvalue weighted by atomic mass is 28.4. The van der Waals surface area contributed by atoms with Gasteiger partial charge in [-0.2, -0.15) is 0 Å². The Bertz CT molecular complexity index is 335. The van der Waals surface area contributed by atoms with Gasteiger partial charge < -0.3 is 19.2 Å². The van der Waals surface area contributed by atoms with Gasteiger partial charge in [0, 0.05) is 19.5 Å². The minimum absolute atomic E-state index is 0.0249. The van der Waals surface area contributed by atoms with Crippen molar-refractivity contribution in [1.82, 2.24) is 4.90 Å². The summed E-state index contributed by atoms with van der Waals surface area (Å²) in [5.74, 6) is 0.135. The van der Waals surface area contributed by atoms with Gasteiger partial charge in [-0.3, -0.25) is 4.79 Å². The summed E-state index contributed by atoms with van der Waals surface area (Å²) >= 11 is 0. The van der Waals surface area contributed by atoms with Gasteiger partial charge in [0.15, 0.2) is 8.32 Å². The van der Waals surface area contributed by atoms with Gasteiger partial charge in [0.05, 0.1) is 25.9 Å². The summed E-state index contributed by atoms with van der Waals surface area (Å²) < 4.78 is 11.4. The van der Waals surface area contributed by atoms with Gasteiger partial charge in [0.1, 0.15) is 0 Å². The number of nitrogens with zero attached hydrogens (tertiary/aromatic N) is 1. The van der Waals surface area contributed by atoms with E-state index in [1.54, 1.807) is 0 Å². The number of aliphatic hydroxyl groups excluding tert-OH is 1. The van der Waals surface area contributed by atoms with Crippen LogP contribution in [-0.2, 0) is 14.0 Å². The minimum Gasteiger partial charge on any atom is -0.412 e. The van der Waals surface area contributed by atoms with E-state index in [0.717, 1.165) is 0 Å². The predicted octanol–water partition coefficient (Wildman–Crippen LogP) is 2.01. The first-order chi connectivity index (χ1) is 9.67. The number of rotatable bonds is 6. The lowest BCUT2D eigenvalue weighted by atomic mass is 10.2. The molecule has 1 aliphatic rings. The summed E-state index contributed by atoms with van der Waals surface area (Å²) in [6, 6.07) is 0. The number of hydrogen-bond acceptors (Lipinski definition) is 4. The minimum atomic E-state index is -1.91. The lowest BCUT2D eigenvalue weighted by Gasteiger charge is -2.39. The number of hydrogen-bond donors (Lipinski definition) is 1. The maximum absolute atomic E-state index is 12.1. The van der Waals surface area contributed by atoms with Crippen molar-refractivity contribution in [3.8, 4) is 0 Å². The topological polar surface area (TPSA) is 59.0 Å². The molecule has 1 aliphatic heterocycles. The van der Waals surface area contributed by atoms with E-state index in [0.29, 0.717) is 39.1 Å². The summed E-state index contributed by atoms with van der Waals surface area (Å²) in [7, 11) is -1.91. The Morgan fingerprint density at radius 1 is 1.33 bits per heavy atom. The molecule has 1 amide bonds. The van der Waals surface area contributed by atoms with E-state index < -0.39 is 8.32 Å². The molecule has 0 aromatic carbocycles. The number of amides is 1. The molecule has 1 saturated heterocycles. The van der Waals surface area contributed by atoms with E-state index in [2.05, 4.69) is 33.9 Å². The average molecular weight is 318 g/mol. The summed E-state index contributed by atoms with van der Waals surface area (Å²) in [5, 5.41) is 9.64. The van der Waals surface area contributed by atoms with Crippen molar-refractivity contribution >= 4 is 14.2 Å². The van der Waals surface area contributed by atoms with Gasteiger partial charge in [-0.15, -0.1) is 0 Å². The van der Waals surface area contributed by atoms with Crippen LogP contribution in [0.1, 0.15) is 33.6 Å². The maximum atomic E-state index is 12.1. The maximum Gasteiger partial charge on any atom is 0.222 e. The first kappa shape index (κ1) is 18.6. The zero-order valence-electron chi connectivity index (χ0n) is 14.1. The Labute approximate surface area is 129 Å². The van der Waals surface area contributed by atoms with Crippen LogP contribution in [0.15, 0.2) is 0 Å². The second-order valence-corrected chi connectivity index (χ2v) is 12.0. The Morgan fingerprint density at radius 3 is 2.38 bits per heavy atom. The molecule has 124 valence electrons. The van der Waals surface area contributed by atoms with E-state index in [1.165, 1.54) is 0 Å². The van der Waals surface area contributed by atoms with Gasteiger partial charge in [0.2, 0.25) is 5.91 Å². The number of ether oxygens (including phenoxy) is 1. The van der Waals surface area contributed by atoms with Crippen molar-refractivity contribution < 1.29 is 19.1 Å². The Balaban J connectivity index is 2.45. The third-order valence-electron chi connectivity index (χ3n) is 4.52. The predicted molar refractivity (Wildman–Crippen MR) is 85.8 cm³/mol. The number of carbonyl (C=O) groups excluding carboxylic acids is 1. The molecule has 0 unspecified atom stereocenters. The molecular weight excluding hydrogens is 286 g/mol. The van der Waals surface area contributed by atoms with Crippen molar-refractivity contribution in [3.05, 3.63) is 0 Å². The van der Waals surface area contributed by atoms with E-state index in [9.17, 15) is 9.90 Å². The third-order valence-corrected chi connectivity index (χ3v) is 9.05. The van der Waals surface area contributed by atoms with Crippen LogP contribution in [0, 0.1) is 0 Å². The Kier molecular flexibility index (Phi) is 6.84. The summed E-state index contributed by atoms with van der Waals surface area (Å²) in [6.45, 7) is 13.4. The molecule has 1 rings (SSSR count).